The number of rotatable bonds is 7. The third-order valence-electron chi connectivity index (χ3n) is 2.46. The van der Waals surface area contributed by atoms with Crippen LogP contribution in [0.1, 0.15) is 12.0 Å². The van der Waals surface area contributed by atoms with Crippen LogP contribution in [-0.2, 0) is 10.0 Å². The molecule has 0 aliphatic rings. The van der Waals surface area contributed by atoms with Crippen molar-refractivity contribution in [2.75, 3.05) is 31.2 Å². The van der Waals surface area contributed by atoms with Crippen molar-refractivity contribution >= 4 is 15.7 Å². The Balaban J connectivity index is 2.79. The second kappa shape index (κ2) is 6.61. The summed E-state index contributed by atoms with van der Waals surface area (Å²) in [5, 5.41) is 2.92. The Kier molecular flexibility index (Phi) is 5.43. The lowest BCUT2D eigenvalue weighted by molar-refractivity contribution is 0.417. The van der Waals surface area contributed by atoms with E-state index in [1.807, 2.05) is 13.0 Å². The van der Waals surface area contributed by atoms with Gasteiger partial charge in [-0.3, -0.25) is 4.72 Å². The molecule has 2 N–H and O–H groups in total. The Labute approximate surface area is 109 Å². The molecule has 1 rings (SSSR count). The van der Waals surface area contributed by atoms with Crippen LogP contribution in [0.3, 0.4) is 0 Å². The van der Waals surface area contributed by atoms with Gasteiger partial charge in [0.25, 0.3) is 0 Å². The molecular formula is C12H20N2O3S. The molecule has 0 atom stereocenters. The average Bonchev–Trinajstić information content (AvgIpc) is 2.29. The van der Waals surface area contributed by atoms with Crippen LogP contribution in [0.25, 0.3) is 0 Å². The molecule has 0 bridgehead atoms. The summed E-state index contributed by atoms with van der Waals surface area (Å²) in [6.45, 7) is 2.57. The second-order valence-electron chi connectivity index (χ2n) is 4.08. The quantitative estimate of drug-likeness (QED) is 0.735. The van der Waals surface area contributed by atoms with Gasteiger partial charge in [-0.1, -0.05) is 6.07 Å². The van der Waals surface area contributed by atoms with Crippen molar-refractivity contribution in [2.24, 2.45) is 0 Å². The number of methoxy groups -OCH3 is 1. The summed E-state index contributed by atoms with van der Waals surface area (Å²) in [6.07, 6.45) is 0.569. The maximum absolute atomic E-state index is 11.9. The number of sulfonamides is 1. The molecule has 18 heavy (non-hydrogen) atoms. The standard InChI is InChI=1S/C12H20N2O3S/c1-10-5-6-12(17-3)11(9-10)14-18(15,16)8-4-7-13-2/h5-6,9,13-14H,4,7-8H2,1-3H3. The molecule has 5 nitrogen and oxygen atoms in total. The van der Waals surface area contributed by atoms with Crippen LogP contribution in [-0.4, -0.2) is 34.9 Å². The van der Waals surface area contributed by atoms with Crippen molar-refractivity contribution in [3.05, 3.63) is 23.8 Å². The third-order valence-corrected chi connectivity index (χ3v) is 3.82. The van der Waals surface area contributed by atoms with E-state index < -0.39 is 10.0 Å². The second-order valence-corrected chi connectivity index (χ2v) is 5.92. The van der Waals surface area contributed by atoms with Crippen LogP contribution < -0.4 is 14.8 Å². The van der Waals surface area contributed by atoms with Crippen molar-refractivity contribution in [3.8, 4) is 5.75 Å². The topological polar surface area (TPSA) is 67.4 Å². The van der Waals surface area contributed by atoms with Crippen LogP contribution in [0.2, 0.25) is 0 Å². The fourth-order valence-electron chi connectivity index (χ4n) is 1.56. The van der Waals surface area contributed by atoms with Crippen LogP contribution in [0, 0.1) is 6.92 Å². The van der Waals surface area contributed by atoms with Crippen LogP contribution in [0.15, 0.2) is 18.2 Å². The summed E-state index contributed by atoms with van der Waals surface area (Å²) in [5.74, 6) is 0.614. The molecule has 0 aliphatic heterocycles. The number of aryl methyl sites for hydroxylation is 1. The summed E-state index contributed by atoms with van der Waals surface area (Å²) in [6, 6.07) is 5.38. The number of nitrogens with one attached hydrogen (secondary N) is 2. The predicted molar refractivity (Wildman–Crippen MR) is 73.7 cm³/mol. The summed E-state index contributed by atoms with van der Waals surface area (Å²) < 4.78 is 31.4. The molecule has 0 fully saturated rings. The molecular weight excluding hydrogens is 252 g/mol. The number of ether oxygens (including phenoxy) is 1. The number of anilines is 1. The van der Waals surface area contributed by atoms with Gasteiger partial charge in [-0.2, -0.15) is 0 Å². The van der Waals surface area contributed by atoms with E-state index in [1.165, 1.54) is 7.11 Å². The van der Waals surface area contributed by atoms with Crippen molar-refractivity contribution in [1.82, 2.24) is 5.32 Å². The van der Waals surface area contributed by atoms with E-state index in [-0.39, 0.29) is 5.75 Å². The van der Waals surface area contributed by atoms with Crippen molar-refractivity contribution in [3.63, 3.8) is 0 Å². The zero-order valence-electron chi connectivity index (χ0n) is 11.0. The summed E-state index contributed by atoms with van der Waals surface area (Å²) in [5.41, 5.74) is 1.46. The molecule has 0 saturated carbocycles. The first kappa shape index (κ1) is 14.8. The highest BCUT2D eigenvalue weighted by molar-refractivity contribution is 7.92. The van der Waals surface area contributed by atoms with E-state index in [0.29, 0.717) is 24.4 Å². The van der Waals surface area contributed by atoms with E-state index in [1.54, 1.807) is 19.2 Å². The average molecular weight is 272 g/mol. The van der Waals surface area contributed by atoms with E-state index >= 15 is 0 Å². The first-order valence-electron chi connectivity index (χ1n) is 5.78. The monoisotopic (exact) mass is 272 g/mol. The molecule has 0 aromatic heterocycles. The highest BCUT2D eigenvalue weighted by Gasteiger charge is 2.13. The molecule has 0 aliphatic carbocycles. The zero-order chi connectivity index (χ0) is 13.6. The Bertz CT molecular complexity index is 486. The smallest absolute Gasteiger partial charge is 0.232 e. The summed E-state index contributed by atoms with van der Waals surface area (Å²) in [7, 11) is -0.0136. The molecule has 0 radical (unpaired) electrons. The van der Waals surface area contributed by atoms with Gasteiger partial charge in [0.05, 0.1) is 18.6 Å². The van der Waals surface area contributed by atoms with Gasteiger partial charge in [0.15, 0.2) is 0 Å². The van der Waals surface area contributed by atoms with Gasteiger partial charge in [0.2, 0.25) is 10.0 Å². The van der Waals surface area contributed by atoms with Gasteiger partial charge in [0, 0.05) is 0 Å². The molecule has 0 heterocycles. The third kappa shape index (κ3) is 4.54. The predicted octanol–water partition coefficient (Wildman–Crippen LogP) is 1.35. The lowest BCUT2D eigenvalue weighted by atomic mass is 10.2. The Morgan fingerprint density at radius 3 is 2.67 bits per heavy atom. The molecule has 0 amide bonds. The number of hydrogen-bond acceptors (Lipinski definition) is 4. The highest BCUT2D eigenvalue weighted by atomic mass is 32.2. The molecule has 0 spiro atoms. The maximum atomic E-state index is 11.9. The minimum Gasteiger partial charge on any atom is -0.495 e. The molecule has 6 heteroatoms. The minimum atomic E-state index is -3.33. The van der Waals surface area contributed by atoms with Crippen LogP contribution in [0.4, 0.5) is 5.69 Å². The molecule has 0 unspecified atom stereocenters. The Hall–Kier alpha value is -1.27. The van der Waals surface area contributed by atoms with Gasteiger partial charge >= 0.3 is 0 Å². The zero-order valence-corrected chi connectivity index (χ0v) is 11.8. The van der Waals surface area contributed by atoms with Gasteiger partial charge in [-0.15, -0.1) is 0 Å². The van der Waals surface area contributed by atoms with Crippen LogP contribution >= 0.6 is 0 Å². The van der Waals surface area contributed by atoms with E-state index in [2.05, 4.69) is 10.0 Å². The Morgan fingerprint density at radius 2 is 2.06 bits per heavy atom. The molecule has 1 aromatic rings. The van der Waals surface area contributed by atoms with Gasteiger partial charge in [-0.05, 0) is 44.6 Å². The maximum Gasteiger partial charge on any atom is 0.232 e. The molecule has 0 saturated heterocycles. The largest absolute Gasteiger partial charge is 0.495 e. The normalized spacial score (nSPS) is 11.3. The van der Waals surface area contributed by atoms with Crippen molar-refractivity contribution < 1.29 is 13.2 Å². The fourth-order valence-corrected chi connectivity index (χ4v) is 2.68. The van der Waals surface area contributed by atoms with Gasteiger partial charge < -0.3 is 10.1 Å². The number of hydrogen-bond donors (Lipinski definition) is 2. The van der Waals surface area contributed by atoms with Gasteiger partial charge in [-0.25, -0.2) is 8.42 Å². The lowest BCUT2D eigenvalue weighted by Gasteiger charge is -2.12. The fraction of sp³-hybridized carbons (Fsp3) is 0.500. The first-order valence-corrected chi connectivity index (χ1v) is 7.43. The Morgan fingerprint density at radius 1 is 1.33 bits per heavy atom. The van der Waals surface area contributed by atoms with E-state index in [4.69, 9.17) is 4.74 Å². The molecule has 1 aromatic carbocycles. The SMILES string of the molecule is CNCCCS(=O)(=O)Nc1cc(C)ccc1OC. The summed E-state index contributed by atoms with van der Waals surface area (Å²) in [4.78, 5) is 0. The minimum absolute atomic E-state index is 0.0882. The van der Waals surface area contributed by atoms with Crippen LogP contribution in [0.5, 0.6) is 5.75 Å². The van der Waals surface area contributed by atoms with Crippen molar-refractivity contribution in [1.29, 1.82) is 0 Å². The summed E-state index contributed by atoms with van der Waals surface area (Å²) >= 11 is 0. The molecule has 102 valence electrons. The van der Waals surface area contributed by atoms with Crippen molar-refractivity contribution in [2.45, 2.75) is 13.3 Å². The van der Waals surface area contributed by atoms with Gasteiger partial charge in [0.1, 0.15) is 5.75 Å². The highest BCUT2D eigenvalue weighted by Crippen LogP contribution is 2.26. The lowest BCUT2D eigenvalue weighted by Crippen LogP contribution is -2.20. The van der Waals surface area contributed by atoms with E-state index in [9.17, 15) is 8.42 Å². The number of benzene rings is 1. The first-order chi connectivity index (χ1) is 8.48. The van der Waals surface area contributed by atoms with E-state index in [0.717, 1.165) is 5.56 Å².